The predicted molar refractivity (Wildman–Crippen MR) is 94.5 cm³/mol. The van der Waals surface area contributed by atoms with Gasteiger partial charge < -0.3 is 19.5 Å². The van der Waals surface area contributed by atoms with Crippen LogP contribution < -0.4 is 5.32 Å². The van der Waals surface area contributed by atoms with Gasteiger partial charge in [0.05, 0.1) is 18.1 Å². The normalized spacial score (nSPS) is 40.0. The number of fused-ring (bicyclic) bond motifs is 1. The van der Waals surface area contributed by atoms with Gasteiger partial charge >= 0.3 is 12.1 Å². The Balaban J connectivity index is 2.25. The second-order valence-corrected chi connectivity index (χ2v) is 7.95. The highest BCUT2D eigenvalue weighted by atomic mass is 16.6. The SMILES string of the molecule is CO[C@H]1CCCC(C)C(=O)OC[C@@]2(C)OC(=O)NC2C(C)C(=O)[C@H](C)C1. The number of nitrogens with one attached hydrogen (secondary N) is 1. The lowest BCUT2D eigenvalue weighted by molar-refractivity contribution is -0.155. The molecule has 6 atom stereocenters. The fraction of sp³-hybridized carbons (Fsp3) is 0.842. The van der Waals surface area contributed by atoms with Gasteiger partial charge in [0.2, 0.25) is 0 Å². The molecule has 0 bridgehead atoms. The van der Waals surface area contributed by atoms with Gasteiger partial charge in [-0.15, -0.1) is 0 Å². The summed E-state index contributed by atoms with van der Waals surface area (Å²) >= 11 is 0. The number of ether oxygens (including phenoxy) is 3. The number of cyclic esters (lactones) is 1. The standard InChI is InChI=1S/C19H31NO6/c1-11-7-6-8-14(24-5)9-12(2)15(21)13(3)16-19(4,10-25-17(11)22)26-18(23)20-16/h11-14,16H,6-10H2,1-5H3,(H,20,23)/t11?,12-,13?,14+,16?,19-/m1/s1. The van der Waals surface area contributed by atoms with Crippen molar-refractivity contribution in [2.45, 2.75) is 71.1 Å². The summed E-state index contributed by atoms with van der Waals surface area (Å²) in [6, 6.07) is -0.544. The van der Waals surface area contributed by atoms with Crippen molar-refractivity contribution in [3.05, 3.63) is 0 Å². The Morgan fingerprint density at radius 3 is 2.46 bits per heavy atom. The maximum Gasteiger partial charge on any atom is 0.408 e. The van der Waals surface area contributed by atoms with E-state index in [1.807, 2.05) is 13.8 Å². The van der Waals surface area contributed by atoms with Crippen molar-refractivity contribution >= 4 is 17.8 Å². The first-order chi connectivity index (χ1) is 12.2. The Kier molecular flexibility index (Phi) is 6.66. The molecule has 148 valence electrons. The lowest BCUT2D eigenvalue weighted by atomic mass is 9.80. The maximum absolute atomic E-state index is 12.9. The molecule has 7 nitrogen and oxygen atoms in total. The summed E-state index contributed by atoms with van der Waals surface area (Å²) in [6.45, 7) is 7.16. The third-order valence-electron chi connectivity index (χ3n) is 5.71. The summed E-state index contributed by atoms with van der Waals surface area (Å²) < 4.78 is 16.3. The molecule has 3 unspecified atom stereocenters. The van der Waals surface area contributed by atoms with Crippen molar-refractivity contribution in [2.75, 3.05) is 13.7 Å². The van der Waals surface area contributed by atoms with Gasteiger partial charge in [-0.1, -0.05) is 27.2 Å². The molecule has 2 heterocycles. The number of ketones is 1. The van der Waals surface area contributed by atoms with Gasteiger partial charge in [0.1, 0.15) is 12.4 Å². The minimum atomic E-state index is -1.06. The predicted octanol–water partition coefficient (Wildman–Crippen LogP) is 2.46. The van der Waals surface area contributed by atoms with E-state index in [4.69, 9.17) is 14.2 Å². The van der Waals surface area contributed by atoms with Crippen molar-refractivity contribution in [1.29, 1.82) is 0 Å². The average Bonchev–Trinajstić information content (AvgIpc) is 2.91. The second kappa shape index (κ2) is 8.37. The molecule has 1 amide bonds. The molecule has 0 saturated carbocycles. The zero-order valence-electron chi connectivity index (χ0n) is 16.4. The Labute approximate surface area is 155 Å². The van der Waals surface area contributed by atoms with Gasteiger partial charge in [0, 0.05) is 18.9 Å². The van der Waals surface area contributed by atoms with E-state index in [1.54, 1.807) is 21.0 Å². The molecular weight excluding hydrogens is 338 g/mol. The van der Waals surface area contributed by atoms with Gasteiger partial charge in [0.15, 0.2) is 5.60 Å². The van der Waals surface area contributed by atoms with Crippen molar-refractivity contribution in [3.63, 3.8) is 0 Å². The number of hydrogen-bond donors (Lipinski definition) is 1. The van der Waals surface area contributed by atoms with E-state index >= 15 is 0 Å². The Hall–Kier alpha value is -1.63. The van der Waals surface area contributed by atoms with Gasteiger partial charge in [-0.25, -0.2) is 4.79 Å². The summed E-state index contributed by atoms with van der Waals surface area (Å²) in [6.07, 6.45) is 2.30. The molecule has 0 spiro atoms. The molecule has 2 saturated heterocycles. The first kappa shape index (κ1) is 20.7. The van der Waals surface area contributed by atoms with Crippen molar-refractivity contribution in [3.8, 4) is 0 Å². The van der Waals surface area contributed by atoms with Crippen LogP contribution >= 0.6 is 0 Å². The molecule has 0 aromatic rings. The minimum Gasteiger partial charge on any atom is -0.461 e. The molecule has 0 radical (unpaired) electrons. The number of carbonyl (C=O) groups is 3. The number of rotatable bonds is 1. The van der Waals surface area contributed by atoms with Crippen LogP contribution in [0.15, 0.2) is 0 Å². The van der Waals surface area contributed by atoms with Gasteiger partial charge in [-0.2, -0.15) is 0 Å². The number of esters is 1. The molecule has 1 N–H and O–H groups in total. The van der Waals surface area contributed by atoms with Gasteiger partial charge in [0.25, 0.3) is 0 Å². The molecule has 2 rings (SSSR count). The first-order valence-corrected chi connectivity index (χ1v) is 9.40. The van der Waals surface area contributed by atoms with Crippen LogP contribution in [0, 0.1) is 17.8 Å². The average molecular weight is 369 g/mol. The summed E-state index contributed by atoms with van der Waals surface area (Å²) in [5.74, 6) is -1.16. The Morgan fingerprint density at radius 2 is 1.81 bits per heavy atom. The van der Waals surface area contributed by atoms with E-state index in [2.05, 4.69) is 5.32 Å². The van der Waals surface area contributed by atoms with Crippen LogP contribution in [0.4, 0.5) is 4.79 Å². The van der Waals surface area contributed by atoms with E-state index in [-0.39, 0.29) is 36.3 Å². The lowest BCUT2D eigenvalue weighted by Gasteiger charge is -2.33. The lowest BCUT2D eigenvalue weighted by Crippen LogP contribution is -2.52. The van der Waals surface area contributed by atoms with E-state index in [9.17, 15) is 14.4 Å². The highest BCUT2D eigenvalue weighted by molar-refractivity contribution is 5.85. The largest absolute Gasteiger partial charge is 0.461 e. The number of Topliss-reactive ketones (excluding diaryl/α,β-unsaturated/α-hetero) is 1. The molecule has 2 aliphatic rings. The molecular formula is C19H31NO6. The van der Waals surface area contributed by atoms with Gasteiger partial charge in [-0.05, 0) is 26.2 Å². The van der Waals surface area contributed by atoms with E-state index in [0.29, 0.717) is 12.8 Å². The van der Waals surface area contributed by atoms with Crippen molar-refractivity contribution in [2.24, 2.45) is 17.8 Å². The summed E-state index contributed by atoms with van der Waals surface area (Å²) in [4.78, 5) is 37.0. The quantitative estimate of drug-likeness (QED) is 0.714. The van der Waals surface area contributed by atoms with E-state index in [1.165, 1.54) is 0 Å². The number of carbonyl (C=O) groups excluding carboxylic acids is 3. The summed E-state index contributed by atoms with van der Waals surface area (Å²) in [5.41, 5.74) is -1.06. The van der Waals surface area contributed by atoms with Crippen LogP contribution in [0.1, 0.15) is 53.4 Å². The summed E-state index contributed by atoms with van der Waals surface area (Å²) in [5, 5.41) is 2.72. The molecule has 0 aliphatic carbocycles. The van der Waals surface area contributed by atoms with Crippen LogP contribution in [0.2, 0.25) is 0 Å². The zero-order valence-corrected chi connectivity index (χ0v) is 16.4. The zero-order chi connectivity index (χ0) is 19.5. The topological polar surface area (TPSA) is 90.9 Å². The molecule has 2 aliphatic heterocycles. The highest BCUT2D eigenvalue weighted by Crippen LogP contribution is 2.31. The van der Waals surface area contributed by atoms with Gasteiger partial charge in [-0.3, -0.25) is 9.59 Å². The molecule has 7 heteroatoms. The third kappa shape index (κ3) is 4.55. The molecule has 26 heavy (non-hydrogen) atoms. The number of amides is 1. The maximum atomic E-state index is 12.9. The van der Waals surface area contributed by atoms with Crippen LogP contribution in [-0.2, 0) is 23.8 Å². The van der Waals surface area contributed by atoms with Crippen molar-refractivity contribution < 1.29 is 28.6 Å². The fourth-order valence-electron chi connectivity index (χ4n) is 3.94. The highest BCUT2D eigenvalue weighted by Gasteiger charge is 2.51. The van der Waals surface area contributed by atoms with Crippen LogP contribution in [0.3, 0.4) is 0 Å². The number of alkyl carbamates (subject to hydrolysis) is 1. The molecule has 2 fully saturated rings. The smallest absolute Gasteiger partial charge is 0.408 e. The monoisotopic (exact) mass is 369 g/mol. The number of hydrogen-bond acceptors (Lipinski definition) is 6. The van der Waals surface area contributed by atoms with Crippen molar-refractivity contribution in [1.82, 2.24) is 5.32 Å². The first-order valence-electron chi connectivity index (χ1n) is 9.40. The third-order valence-corrected chi connectivity index (χ3v) is 5.71. The van der Waals surface area contributed by atoms with E-state index in [0.717, 1.165) is 12.8 Å². The van der Waals surface area contributed by atoms with E-state index < -0.39 is 23.7 Å². The molecule has 0 aromatic carbocycles. The molecule has 0 aromatic heterocycles. The van der Waals surface area contributed by atoms with Crippen LogP contribution in [0.25, 0.3) is 0 Å². The van der Waals surface area contributed by atoms with Crippen LogP contribution in [0.5, 0.6) is 0 Å². The second-order valence-electron chi connectivity index (χ2n) is 7.95. The Bertz CT molecular complexity index is 550. The Morgan fingerprint density at radius 1 is 1.12 bits per heavy atom. The number of methoxy groups -OCH3 is 1. The minimum absolute atomic E-state index is 0.0342. The fourth-order valence-corrected chi connectivity index (χ4v) is 3.94. The summed E-state index contributed by atoms with van der Waals surface area (Å²) in [7, 11) is 1.65. The van der Waals surface area contributed by atoms with Crippen LogP contribution in [-0.4, -0.2) is 49.3 Å².